The molecule has 5 N–H and O–H groups in total. The van der Waals surface area contributed by atoms with Crippen LogP contribution in [0.5, 0.6) is 0 Å². The van der Waals surface area contributed by atoms with Crippen molar-refractivity contribution in [3.05, 3.63) is 9.78 Å². The minimum absolute atomic E-state index is 0.100. The molecule has 11 nitrogen and oxygen atoms in total. The van der Waals surface area contributed by atoms with Crippen LogP contribution in [-0.2, 0) is 23.8 Å². The summed E-state index contributed by atoms with van der Waals surface area (Å²) >= 11 is 1.83. The zero-order chi connectivity index (χ0) is 20.6. The van der Waals surface area contributed by atoms with Gasteiger partial charge in [-0.25, -0.2) is 0 Å². The fraction of sp³-hybridized carbons (Fsp3) is 0.750. The molecule has 3 heterocycles. The number of rotatable bonds is 5. The summed E-state index contributed by atoms with van der Waals surface area (Å²) in [5.74, 6) is -0.707. The third-order valence-electron chi connectivity index (χ3n) is 4.91. The molecule has 3 aliphatic rings. The van der Waals surface area contributed by atoms with Crippen LogP contribution in [0.25, 0.3) is 0 Å². The summed E-state index contributed by atoms with van der Waals surface area (Å²) in [6, 6.07) is 0. The minimum atomic E-state index is -1.58. The highest BCUT2D eigenvalue weighted by atomic mass is 123. The zero-order valence-electron chi connectivity index (χ0n) is 14.6. The number of amides is 1. The van der Waals surface area contributed by atoms with E-state index in [1.54, 1.807) is 0 Å². The molecular formula is C16H22INO10. The molecule has 158 valence electrons. The van der Waals surface area contributed by atoms with Gasteiger partial charge in [0.2, 0.25) is 5.91 Å². The van der Waals surface area contributed by atoms with Crippen molar-refractivity contribution < 1.29 is 49.3 Å². The van der Waals surface area contributed by atoms with Gasteiger partial charge in [-0.2, -0.15) is 0 Å². The van der Waals surface area contributed by atoms with Crippen LogP contribution in [-0.4, -0.2) is 104 Å². The molecule has 0 spiro atoms. The first-order chi connectivity index (χ1) is 13.2. The van der Waals surface area contributed by atoms with Gasteiger partial charge in [0.05, 0.1) is 29.3 Å². The van der Waals surface area contributed by atoms with Gasteiger partial charge in [0.25, 0.3) is 0 Å². The van der Waals surface area contributed by atoms with Crippen molar-refractivity contribution in [1.82, 2.24) is 4.90 Å². The number of ketones is 1. The normalized spacial score (nSPS) is 42.1. The van der Waals surface area contributed by atoms with Gasteiger partial charge in [-0.3, -0.25) is 14.5 Å². The van der Waals surface area contributed by atoms with Crippen molar-refractivity contribution in [2.45, 2.75) is 62.0 Å². The summed E-state index contributed by atoms with van der Waals surface area (Å²) in [4.78, 5) is 24.9. The Morgan fingerprint density at radius 2 is 1.82 bits per heavy atom. The molecule has 3 aliphatic heterocycles. The fourth-order valence-electron chi connectivity index (χ4n) is 3.25. The first kappa shape index (κ1) is 22.0. The first-order valence-corrected chi connectivity index (χ1v) is 9.78. The molecule has 1 amide bonds. The predicted molar refractivity (Wildman–Crippen MR) is 97.6 cm³/mol. The van der Waals surface area contributed by atoms with Crippen LogP contribution < -0.4 is 0 Å². The Hall–Kier alpha value is -0.710. The Morgan fingerprint density at radius 3 is 2.50 bits per heavy atom. The smallest absolute Gasteiger partial charge is 0.236 e. The number of hydrogen-bond donors (Lipinski definition) is 5. The molecule has 2 fully saturated rings. The van der Waals surface area contributed by atoms with Gasteiger partial charge in [-0.05, 0) is 22.6 Å². The van der Waals surface area contributed by atoms with E-state index in [9.17, 15) is 35.1 Å². The monoisotopic (exact) mass is 511 g/mol. The van der Waals surface area contributed by atoms with Gasteiger partial charge >= 0.3 is 0 Å². The van der Waals surface area contributed by atoms with Crippen molar-refractivity contribution in [1.29, 1.82) is 0 Å². The van der Waals surface area contributed by atoms with Crippen molar-refractivity contribution in [2.24, 2.45) is 0 Å². The number of aliphatic hydroxyl groups is 5. The maximum Gasteiger partial charge on any atom is 0.236 e. The number of hydrogen-bond acceptors (Lipinski definition) is 10. The summed E-state index contributed by atoms with van der Waals surface area (Å²) < 4.78 is 16.7. The second-order valence-corrected chi connectivity index (χ2v) is 8.00. The minimum Gasteiger partial charge on any atom is -0.394 e. The number of Topliss-reactive ketones (excluding diaryl/α,β-unsaturated/α-hetero) is 1. The van der Waals surface area contributed by atoms with Gasteiger partial charge in [-0.15, -0.1) is 0 Å². The average Bonchev–Trinajstić information content (AvgIpc) is 3.02. The quantitative estimate of drug-likeness (QED) is 0.195. The topological polar surface area (TPSA) is 166 Å². The highest BCUT2D eigenvalue weighted by Crippen LogP contribution is 2.29. The number of carbonyl (C=O) groups is 2. The lowest BCUT2D eigenvalue weighted by Gasteiger charge is -2.39. The molecule has 12 heteroatoms. The molecule has 0 aromatic heterocycles. The van der Waals surface area contributed by atoms with Gasteiger partial charge in [0, 0.05) is 12.6 Å². The standard InChI is InChI=1S/C16H22INO10/c17-6-3-18(11(22)1-7(6)20)12-2-8(21)10(27-12)5-26-16-15(25)14(24)13(23)9(4-19)28-16/h3,8-10,12-16,19,21,23-25H,1-2,4-5H2/t8-,9-,10-,12-,13+,14+,15-,16-/m1/s1/i17-4. The molecule has 8 atom stereocenters. The van der Waals surface area contributed by atoms with E-state index in [4.69, 9.17) is 14.2 Å². The van der Waals surface area contributed by atoms with Crippen molar-refractivity contribution in [3.8, 4) is 0 Å². The van der Waals surface area contributed by atoms with E-state index < -0.39 is 61.7 Å². The summed E-state index contributed by atoms with van der Waals surface area (Å²) in [6.45, 7) is -0.821. The van der Waals surface area contributed by atoms with E-state index in [0.717, 1.165) is 0 Å². The molecule has 0 aromatic carbocycles. The van der Waals surface area contributed by atoms with Gasteiger partial charge < -0.3 is 39.7 Å². The van der Waals surface area contributed by atoms with Crippen LogP contribution in [0.15, 0.2) is 9.78 Å². The predicted octanol–water partition coefficient (Wildman–Crippen LogP) is -2.64. The molecule has 3 rings (SSSR count). The number of allylic oxidation sites excluding steroid dienone is 1. The Labute approximate surface area is 173 Å². The van der Waals surface area contributed by atoms with Crippen LogP contribution in [0, 0.1) is 0 Å². The molecule has 0 aliphatic carbocycles. The molecule has 0 radical (unpaired) electrons. The van der Waals surface area contributed by atoms with E-state index >= 15 is 0 Å². The number of aliphatic hydroxyl groups excluding tert-OH is 5. The van der Waals surface area contributed by atoms with Gasteiger partial charge in [0.1, 0.15) is 36.7 Å². The molecule has 0 aromatic rings. The second kappa shape index (κ2) is 8.97. The summed E-state index contributed by atoms with van der Waals surface area (Å²) in [5, 5.41) is 48.9. The number of carbonyl (C=O) groups excluding carboxylic acids is 2. The number of halogens is 1. The zero-order valence-corrected chi connectivity index (χ0v) is 16.8. The molecule has 28 heavy (non-hydrogen) atoms. The highest BCUT2D eigenvalue weighted by molar-refractivity contribution is 14.1. The lowest BCUT2D eigenvalue weighted by atomic mass is 9.99. The first-order valence-electron chi connectivity index (χ1n) is 8.70. The van der Waals surface area contributed by atoms with E-state index in [-0.39, 0.29) is 25.2 Å². The average molecular weight is 511 g/mol. The van der Waals surface area contributed by atoms with E-state index in [2.05, 4.69) is 0 Å². The fourth-order valence-corrected chi connectivity index (χ4v) is 3.74. The second-order valence-electron chi connectivity index (χ2n) is 6.84. The Morgan fingerprint density at radius 1 is 1.11 bits per heavy atom. The SMILES string of the molecule is O=C1CC(=O)N([C@H]2C[C@@H](O)[C@@H](CO[C@@H]3O[C@H](CO)[C@H](O)[C@H](O)[C@H]3O)O2)C=C1[123I]. The lowest BCUT2D eigenvalue weighted by molar-refractivity contribution is -0.306. The van der Waals surface area contributed by atoms with Gasteiger partial charge in [-0.1, -0.05) is 0 Å². The highest BCUT2D eigenvalue weighted by Gasteiger charge is 2.45. The number of nitrogens with zero attached hydrogens (tertiary/aromatic N) is 1. The van der Waals surface area contributed by atoms with Crippen molar-refractivity contribution >= 4 is 34.3 Å². The third-order valence-corrected chi connectivity index (χ3v) is 5.79. The van der Waals surface area contributed by atoms with Crippen molar-refractivity contribution in [2.75, 3.05) is 13.2 Å². The van der Waals surface area contributed by atoms with E-state index in [0.29, 0.717) is 3.58 Å². The molecular weight excluding hydrogens is 489 g/mol. The largest absolute Gasteiger partial charge is 0.394 e. The lowest BCUT2D eigenvalue weighted by Crippen LogP contribution is -2.59. The third kappa shape index (κ3) is 4.39. The summed E-state index contributed by atoms with van der Waals surface area (Å²) in [6.07, 6.45) is -8.49. The Kier molecular flexibility index (Phi) is 7.05. The maximum absolute atomic E-state index is 12.1. The van der Waals surface area contributed by atoms with Crippen LogP contribution >= 0.6 is 22.6 Å². The molecule has 0 bridgehead atoms. The molecule has 0 saturated carbocycles. The number of ether oxygens (including phenoxy) is 3. The van der Waals surface area contributed by atoms with E-state index in [1.165, 1.54) is 11.1 Å². The summed E-state index contributed by atoms with van der Waals surface area (Å²) in [5.41, 5.74) is 0. The Bertz CT molecular complexity index is 643. The van der Waals surface area contributed by atoms with Crippen LogP contribution in [0.3, 0.4) is 0 Å². The summed E-state index contributed by atoms with van der Waals surface area (Å²) in [7, 11) is 0. The Balaban J connectivity index is 1.58. The van der Waals surface area contributed by atoms with E-state index in [1.807, 2.05) is 22.6 Å². The molecule has 2 saturated heterocycles. The van der Waals surface area contributed by atoms with Crippen LogP contribution in [0.4, 0.5) is 0 Å². The maximum atomic E-state index is 12.1. The molecule has 0 unspecified atom stereocenters. The van der Waals surface area contributed by atoms with Crippen LogP contribution in [0.1, 0.15) is 12.8 Å². The van der Waals surface area contributed by atoms with Crippen molar-refractivity contribution in [3.63, 3.8) is 0 Å². The van der Waals surface area contributed by atoms with Gasteiger partial charge in [0.15, 0.2) is 12.1 Å². The van der Waals surface area contributed by atoms with Crippen LogP contribution in [0.2, 0.25) is 0 Å².